The summed E-state index contributed by atoms with van der Waals surface area (Å²) < 4.78 is 18.7. The number of halogens is 2. The van der Waals surface area contributed by atoms with Gasteiger partial charge in [0.15, 0.2) is 0 Å². The highest BCUT2D eigenvalue weighted by Gasteiger charge is 2.06. The van der Waals surface area contributed by atoms with Crippen LogP contribution in [-0.2, 0) is 0 Å². The molecule has 1 rings (SSSR count). The highest BCUT2D eigenvalue weighted by molar-refractivity contribution is 9.10. The molecule has 1 aromatic rings. The van der Waals surface area contributed by atoms with Crippen molar-refractivity contribution < 1.29 is 14.2 Å². The summed E-state index contributed by atoms with van der Waals surface area (Å²) in [5.74, 6) is 0.0462. The third-order valence-electron chi connectivity index (χ3n) is 1.48. The minimum absolute atomic E-state index is 0.0943. The summed E-state index contributed by atoms with van der Waals surface area (Å²) in [5.41, 5.74) is 0. The van der Waals surface area contributed by atoms with Gasteiger partial charge in [0.2, 0.25) is 0 Å². The molecule has 72 valence electrons. The number of aliphatic hydroxyl groups excluding tert-OH is 1. The second kappa shape index (κ2) is 4.58. The molecule has 0 aromatic heterocycles. The standard InChI is InChI=1S/C9H10BrFO2/c1-6(5-12)13-9-4-7(11)2-3-8(9)10/h2-4,6,12H,5H2,1H3/t6-/m0/s1. The van der Waals surface area contributed by atoms with Crippen LogP contribution in [0.15, 0.2) is 22.7 Å². The van der Waals surface area contributed by atoms with Gasteiger partial charge in [0.05, 0.1) is 11.1 Å². The average molecular weight is 249 g/mol. The van der Waals surface area contributed by atoms with Crippen LogP contribution in [0, 0.1) is 5.82 Å². The summed E-state index contributed by atoms with van der Waals surface area (Å²) in [6, 6.07) is 4.17. The van der Waals surface area contributed by atoms with Crippen molar-refractivity contribution in [3.8, 4) is 5.75 Å². The van der Waals surface area contributed by atoms with Crippen molar-refractivity contribution in [2.75, 3.05) is 6.61 Å². The van der Waals surface area contributed by atoms with Crippen LogP contribution in [0.1, 0.15) is 6.92 Å². The summed E-state index contributed by atoms with van der Waals surface area (Å²) in [7, 11) is 0. The van der Waals surface area contributed by atoms with Crippen LogP contribution in [0.25, 0.3) is 0 Å². The molecule has 0 heterocycles. The Kier molecular flexibility index (Phi) is 3.69. The summed E-state index contributed by atoms with van der Waals surface area (Å²) >= 11 is 3.21. The van der Waals surface area contributed by atoms with Crippen molar-refractivity contribution in [1.29, 1.82) is 0 Å². The van der Waals surface area contributed by atoms with Gasteiger partial charge in [-0.2, -0.15) is 0 Å². The van der Waals surface area contributed by atoms with Crippen molar-refractivity contribution >= 4 is 15.9 Å². The van der Waals surface area contributed by atoms with E-state index < -0.39 is 0 Å². The van der Waals surface area contributed by atoms with E-state index in [4.69, 9.17) is 9.84 Å². The van der Waals surface area contributed by atoms with E-state index in [1.165, 1.54) is 12.1 Å². The topological polar surface area (TPSA) is 29.5 Å². The minimum atomic E-state index is -0.358. The molecule has 0 fully saturated rings. The first-order valence-corrected chi connectivity index (χ1v) is 4.65. The molecule has 0 aliphatic rings. The molecule has 0 saturated heterocycles. The highest BCUT2D eigenvalue weighted by atomic mass is 79.9. The van der Waals surface area contributed by atoms with Gasteiger partial charge in [-0.3, -0.25) is 0 Å². The maximum Gasteiger partial charge on any atom is 0.136 e. The Morgan fingerprint density at radius 3 is 2.92 bits per heavy atom. The lowest BCUT2D eigenvalue weighted by Gasteiger charge is -2.12. The first-order chi connectivity index (χ1) is 6.13. The lowest BCUT2D eigenvalue weighted by Crippen LogP contribution is -2.16. The fraction of sp³-hybridized carbons (Fsp3) is 0.333. The zero-order chi connectivity index (χ0) is 9.84. The van der Waals surface area contributed by atoms with Gasteiger partial charge >= 0.3 is 0 Å². The van der Waals surface area contributed by atoms with Crippen molar-refractivity contribution in [1.82, 2.24) is 0 Å². The van der Waals surface area contributed by atoms with E-state index in [9.17, 15) is 4.39 Å². The highest BCUT2D eigenvalue weighted by Crippen LogP contribution is 2.26. The molecule has 4 heteroatoms. The molecule has 2 nitrogen and oxygen atoms in total. The van der Waals surface area contributed by atoms with Crippen LogP contribution >= 0.6 is 15.9 Å². The number of hydrogen-bond donors (Lipinski definition) is 1. The summed E-state index contributed by atoms with van der Waals surface area (Å²) in [6.07, 6.45) is -0.335. The molecule has 0 amide bonds. The predicted octanol–water partition coefficient (Wildman–Crippen LogP) is 2.35. The van der Waals surface area contributed by atoms with Gasteiger partial charge in [-0.1, -0.05) is 0 Å². The van der Waals surface area contributed by atoms with E-state index in [1.54, 1.807) is 13.0 Å². The fourth-order valence-electron chi connectivity index (χ4n) is 0.822. The van der Waals surface area contributed by atoms with Crippen LogP contribution in [0.2, 0.25) is 0 Å². The van der Waals surface area contributed by atoms with E-state index in [1.807, 2.05) is 0 Å². The second-order valence-corrected chi connectivity index (χ2v) is 3.54. The van der Waals surface area contributed by atoms with E-state index in [2.05, 4.69) is 15.9 Å². The molecular weight excluding hydrogens is 239 g/mol. The Labute approximate surface area is 84.5 Å². The lowest BCUT2D eigenvalue weighted by atomic mass is 10.3. The van der Waals surface area contributed by atoms with Gasteiger partial charge in [-0.25, -0.2) is 4.39 Å². The van der Waals surface area contributed by atoms with Crippen molar-refractivity contribution in [2.24, 2.45) is 0 Å². The second-order valence-electron chi connectivity index (χ2n) is 2.69. The first kappa shape index (κ1) is 10.5. The van der Waals surface area contributed by atoms with E-state index in [0.717, 1.165) is 0 Å². The van der Waals surface area contributed by atoms with Crippen LogP contribution in [0.5, 0.6) is 5.75 Å². The van der Waals surface area contributed by atoms with Crippen molar-refractivity contribution in [3.63, 3.8) is 0 Å². The Morgan fingerprint density at radius 2 is 2.31 bits per heavy atom. The zero-order valence-electron chi connectivity index (χ0n) is 7.13. The third kappa shape index (κ3) is 2.97. The molecule has 0 aliphatic heterocycles. The molecule has 0 saturated carbocycles. The number of aliphatic hydroxyl groups is 1. The Bertz CT molecular complexity index is 291. The average Bonchev–Trinajstić information content (AvgIpc) is 2.11. The molecule has 1 aromatic carbocycles. The van der Waals surface area contributed by atoms with Crippen LogP contribution in [-0.4, -0.2) is 17.8 Å². The van der Waals surface area contributed by atoms with Gasteiger partial charge in [-0.15, -0.1) is 0 Å². The van der Waals surface area contributed by atoms with E-state index in [0.29, 0.717) is 10.2 Å². The molecular formula is C9H10BrFO2. The van der Waals surface area contributed by atoms with Gasteiger partial charge < -0.3 is 9.84 Å². The largest absolute Gasteiger partial charge is 0.487 e. The van der Waals surface area contributed by atoms with Gasteiger partial charge in [0.1, 0.15) is 17.7 Å². The third-order valence-corrected chi connectivity index (χ3v) is 2.13. The minimum Gasteiger partial charge on any atom is -0.487 e. The quantitative estimate of drug-likeness (QED) is 0.890. The summed E-state index contributed by atoms with van der Waals surface area (Å²) in [6.45, 7) is 1.61. The smallest absolute Gasteiger partial charge is 0.136 e. The Balaban J connectivity index is 2.81. The van der Waals surface area contributed by atoms with Gasteiger partial charge in [-0.05, 0) is 35.0 Å². The molecule has 0 bridgehead atoms. The maximum atomic E-state index is 12.7. The number of hydrogen-bond acceptors (Lipinski definition) is 2. The lowest BCUT2D eigenvalue weighted by molar-refractivity contribution is 0.128. The SMILES string of the molecule is C[C@@H](CO)Oc1cc(F)ccc1Br. The molecule has 0 unspecified atom stereocenters. The van der Waals surface area contributed by atoms with E-state index in [-0.39, 0.29) is 18.5 Å². The predicted molar refractivity (Wildman–Crippen MR) is 51.3 cm³/mol. The maximum absolute atomic E-state index is 12.7. The van der Waals surface area contributed by atoms with Gasteiger partial charge in [0.25, 0.3) is 0 Å². The Morgan fingerprint density at radius 1 is 1.62 bits per heavy atom. The number of rotatable bonds is 3. The fourth-order valence-corrected chi connectivity index (χ4v) is 1.16. The van der Waals surface area contributed by atoms with Crippen LogP contribution < -0.4 is 4.74 Å². The van der Waals surface area contributed by atoms with Gasteiger partial charge in [0, 0.05) is 6.07 Å². The number of ether oxygens (including phenoxy) is 1. The van der Waals surface area contributed by atoms with E-state index >= 15 is 0 Å². The normalized spacial score (nSPS) is 12.6. The number of benzene rings is 1. The summed E-state index contributed by atoms with van der Waals surface area (Å²) in [5, 5.41) is 8.72. The molecule has 0 spiro atoms. The zero-order valence-corrected chi connectivity index (χ0v) is 8.71. The molecule has 1 N–H and O–H groups in total. The molecule has 0 radical (unpaired) electrons. The first-order valence-electron chi connectivity index (χ1n) is 3.86. The van der Waals surface area contributed by atoms with Crippen molar-refractivity contribution in [3.05, 3.63) is 28.5 Å². The molecule has 1 atom stereocenters. The Hall–Kier alpha value is -0.610. The van der Waals surface area contributed by atoms with Crippen LogP contribution in [0.4, 0.5) is 4.39 Å². The van der Waals surface area contributed by atoms with Crippen molar-refractivity contribution in [2.45, 2.75) is 13.0 Å². The summed E-state index contributed by atoms with van der Waals surface area (Å²) in [4.78, 5) is 0. The van der Waals surface area contributed by atoms with Crippen LogP contribution in [0.3, 0.4) is 0 Å². The molecule has 0 aliphatic carbocycles. The molecule has 13 heavy (non-hydrogen) atoms. The monoisotopic (exact) mass is 248 g/mol.